The summed E-state index contributed by atoms with van der Waals surface area (Å²) in [5.41, 5.74) is 15.6. The van der Waals surface area contributed by atoms with Crippen molar-refractivity contribution in [2.75, 3.05) is 9.80 Å². The third kappa shape index (κ3) is 4.64. The minimum absolute atomic E-state index is 0.953. The van der Waals surface area contributed by atoms with Crippen molar-refractivity contribution < 1.29 is 0 Å². The lowest BCUT2D eigenvalue weighted by atomic mass is 9.97. The molecule has 0 spiro atoms. The Morgan fingerprint density at radius 1 is 0.320 bits per heavy atom. The van der Waals surface area contributed by atoms with Gasteiger partial charge in [-0.2, -0.15) is 0 Å². The molecule has 10 rings (SSSR count). The molecule has 0 heterocycles. The van der Waals surface area contributed by atoms with Crippen molar-refractivity contribution in [3.63, 3.8) is 0 Å². The predicted octanol–water partition coefficient (Wildman–Crippen LogP) is 13.0. The summed E-state index contributed by atoms with van der Waals surface area (Å²) in [6, 6.07) is 66.3. The van der Waals surface area contributed by atoms with E-state index in [-0.39, 0.29) is 0 Å². The molecule has 2 aliphatic carbocycles. The van der Waals surface area contributed by atoms with Crippen molar-refractivity contribution in [2.24, 2.45) is 0 Å². The van der Waals surface area contributed by atoms with Crippen molar-refractivity contribution >= 4 is 66.8 Å². The Hall–Kier alpha value is -6.38. The molecule has 0 amide bonds. The Bertz CT molecular complexity index is 2410. The fourth-order valence-corrected chi connectivity index (χ4v) is 8.24. The van der Waals surface area contributed by atoms with Crippen LogP contribution in [0.5, 0.6) is 0 Å². The van der Waals surface area contributed by atoms with Gasteiger partial charge in [-0.05, 0) is 118 Å². The number of fused-ring (bicyclic) bond motifs is 6. The number of para-hydroxylation sites is 2. The minimum Gasteiger partial charge on any atom is -0.310 e. The minimum atomic E-state index is 0.953. The highest BCUT2D eigenvalue weighted by atomic mass is 15.1. The first-order valence-corrected chi connectivity index (χ1v) is 17.4. The zero-order valence-electron chi connectivity index (χ0n) is 27.6. The summed E-state index contributed by atoms with van der Waals surface area (Å²) in [7, 11) is 0. The average molecular weight is 639 g/mol. The lowest BCUT2D eigenvalue weighted by molar-refractivity contribution is 1.22. The SMILES string of the molecule is c1ccc(N(c2ccc3c(c2)CC2=C3Cc3cc(N(c4ccccc4)c4cccc5ccccc45)ccc32)c2cccc3ccccc23)cc1. The maximum atomic E-state index is 2.42. The van der Waals surface area contributed by atoms with Crippen LogP contribution >= 0.6 is 0 Å². The van der Waals surface area contributed by atoms with Gasteiger partial charge < -0.3 is 9.80 Å². The highest BCUT2D eigenvalue weighted by molar-refractivity contribution is 6.05. The number of anilines is 6. The van der Waals surface area contributed by atoms with Gasteiger partial charge in [0, 0.05) is 33.5 Å². The van der Waals surface area contributed by atoms with Gasteiger partial charge in [0.25, 0.3) is 0 Å². The first kappa shape index (κ1) is 28.6. The standard InChI is InChI=1S/C48H34N2/c1-3-17-37(18-4-1)49(47-23-11-15-33-13-7-9-21-43(33)47)39-25-27-41-35(29-39)31-45-42-28-26-40(30-36(42)32-46(41)45)50(38-19-5-2-6-20-38)48-24-12-16-34-14-8-10-22-44(34)48/h1-30H,31-32H2. The van der Waals surface area contributed by atoms with E-state index in [4.69, 9.17) is 0 Å². The van der Waals surface area contributed by atoms with Crippen LogP contribution in [0.1, 0.15) is 22.3 Å². The number of allylic oxidation sites excluding steroid dienone is 2. The number of rotatable bonds is 6. The fourth-order valence-electron chi connectivity index (χ4n) is 8.24. The van der Waals surface area contributed by atoms with E-state index in [0.29, 0.717) is 0 Å². The van der Waals surface area contributed by atoms with Crippen LogP contribution in [0.4, 0.5) is 34.1 Å². The molecule has 236 valence electrons. The van der Waals surface area contributed by atoms with Gasteiger partial charge in [0.15, 0.2) is 0 Å². The highest BCUT2D eigenvalue weighted by Gasteiger charge is 2.31. The smallest absolute Gasteiger partial charge is 0.0540 e. The number of benzene rings is 8. The maximum Gasteiger partial charge on any atom is 0.0540 e. The molecular formula is C48H34N2. The molecule has 0 saturated carbocycles. The van der Waals surface area contributed by atoms with Gasteiger partial charge in [0.05, 0.1) is 11.4 Å². The molecule has 0 aliphatic heterocycles. The molecule has 0 atom stereocenters. The second-order valence-electron chi connectivity index (χ2n) is 13.3. The Balaban J connectivity index is 1.02. The van der Waals surface area contributed by atoms with Crippen LogP contribution in [0.15, 0.2) is 182 Å². The topological polar surface area (TPSA) is 6.48 Å². The summed E-state index contributed by atoms with van der Waals surface area (Å²) in [6.45, 7) is 0. The predicted molar refractivity (Wildman–Crippen MR) is 211 cm³/mol. The molecule has 0 radical (unpaired) electrons. The van der Waals surface area contributed by atoms with E-state index in [1.807, 2.05) is 0 Å². The quantitative estimate of drug-likeness (QED) is 0.179. The zero-order valence-corrected chi connectivity index (χ0v) is 27.6. The molecule has 0 unspecified atom stereocenters. The first-order chi connectivity index (χ1) is 24.8. The van der Waals surface area contributed by atoms with Crippen molar-refractivity contribution in [3.05, 3.63) is 204 Å². The van der Waals surface area contributed by atoms with E-state index in [1.54, 1.807) is 0 Å². The highest BCUT2D eigenvalue weighted by Crippen LogP contribution is 2.50. The Kier molecular flexibility index (Phi) is 6.67. The number of hydrogen-bond acceptors (Lipinski definition) is 2. The van der Waals surface area contributed by atoms with Crippen molar-refractivity contribution in [1.29, 1.82) is 0 Å². The summed E-state index contributed by atoms with van der Waals surface area (Å²) < 4.78 is 0. The van der Waals surface area contributed by atoms with E-state index in [9.17, 15) is 0 Å². The maximum absolute atomic E-state index is 2.42. The molecule has 8 aromatic carbocycles. The molecule has 8 aromatic rings. The van der Waals surface area contributed by atoms with E-state index >= 15 is 0 Å². The summed E-state index contributed by atoms with van der Waals surface area (Å²) in [6.07, 6.45) is 1.91. The summed E-state index contributed by atoms with van der Waals surface area (Å²) >= 11 is 0. The van der Waals surface area contributed by atoms with E-state index in [1.165, 1.54) is 77.7 Å². The molecular weight excluding hydrogens is 605 g/mol. The summed E-state index contributed by atoms with van der Waals surface area (Å²) in [5.74, 6) is 0. The molecule has 0 N–H and O–H groups in total. The van der Waals surface area contributed by atoms with Crippen LogP contribution in [-0.2, 0) is 12.8 Å². The largest absolute Gasteiger partial charge is 0.310 e. The van der Waals surface area contributed by atoms with Gasteiger partial charge in [-0.1, -0.05) is 121 Å². The van der Waals surface area contributed by atoms with Crippen LogP contribution in [0.25, 0.3) is 32.7 Å². The van der Waals surface area contributed by atoms with Crippen molar-refractivity contribution in [2.45, 2.75) is 12.8 Å². The second-order valence-corrected chi connectivity index (χ2v) is 13.3. The lowest BCUT2D eigenvalue weighted by Crippen LogP contribution is -2.11. The average Bonchev–Trinajstić information content (AvgIpc) is 3.71. The molecule has 2 heteroatoms. The Morgan fingerprint density at radius 2 is 0.720 bits per heavy atom. The molecule has 0 fully saturated rings. The molecule has 0 bridgehead atoms. The third-order valence-corrected chi connectivity index (χ3v) is 10.5. The zero-order chi connectivity index (χ0) is 33.0. The van der Waals surface area contributed by atoms with E-state index in [0.717, 1.165) is 24.2 Å². The van der Waals surface area contributed by atoms with Gasteiger partial charge in [-0.15, -0.1) is 0 Å². The van der Waals surface area contributed by atoms with Gasteiger partial charge in [0.2, 0.25) is 0 Å². The second kappa shape index (κ2) is 11.6. The van der Waals surface area contributed by atoms with Crippen LogP contribution < -0.4 is 9.80 Å². The van der Waals surface area contributed by atoms with Gasteiger partial charge in [-0.3, -0.25) is 0 Å². The van der Waals surface area contributed by atoms with Gasteiger partial charge in [-0.25, -0.2) is 0 Å². The van der Waals surface area contributed by atoms with Gasteiger partial charge in [0.1, 0.15) is 0 Å². The van der Waals surface area contributed by atoms with E-state index < -0.39 is 0 Å². The number of hydrogen-bond donors (Lipinski definition) is 0. The van der Waals surface area contributed by atoms with Crippen LogP contribution in [0.2, 0.25) is 0 Å². The first-order valence-electron chi connectivity index (χ1n) is 17.4. The Morgan fingerprint density at radius 3 is 1.18 bits per heavy atom. The molecule has 50 heavy (non-hydrogen) atoms. The molecule has 0 aromatic heterocycles. The summed E-state index contributed by atoms with van der Waals surface area (Å²) in [4.78, 5) is 4.83. The van der Waals surface area contributed by atoms with E-state index in [2.05, 4.69) is 192 Å². The summed E-state index contributed by atoms with van der Waals surface area (Å²) in [5, 5.41) is 4.99. The van der Waals surface area contributed by atoms with Crippen LogP contribution in [0.3, 0.4) is 0 Å². The normalized spacial score (nSPS) is 13.0. The van der Waals surface area contributed by atoms with Crippen molar-refractivity contribution in [3.8, 4) is 0 Å². The van der Waals surface area contributed by atoms with Crippen molar-refractivity contribution in [1.82, 2.24) is 0 Å². The van der Waals surface area contributed by atoms with Gasteiger partial charge >= 0.3 is 0 Å². The molecule has 2 nitrogen and oxygen atoms in total. The Labute approximate surface area is 292 Å². The monoisotopic (exact) mass is 638 g/mol. The molecule has 2 aliphatic rings. The van der Waals surface area contributed by atoms with Crippen LogP contribution in [0, 0.1) is 0 Å². The number of nitrogens with zero attached hydrogens (tertiary/aromatic N) is 2. The lowest BCUT2D eigenvalue weighted by Gasteiger charge is -2.28. The van der Waals surface area contributed by atoms with Crippen LogP contribution in [-0.4, -0.2) is 0 Å². The molecule has 0 saturated heterocycles. The fraction of sp³-hybridized carbons (Fsp3) is 0.0417. The third-order valence-electron chi connectivity index (χ3n) is 10.5.